The summed E-state index contributed by atoms with van der Waals surface area (Å²) in [6, 6.07) is 0. The van der Waals surface area contributed by atoms with E-state index in [9.17, 15) is 0 Å². The van der Waals surface area contributed by atoms with Crippen LogP contribution < -0.4 is 0 Å². The van der Waals surface area contributed by atoms with E-state index in [-0.39, 0.29) is 24.8 Å². The summed E-state index contributed by atoms with van der Waals surface area (Å²) in [7, 11) is 0. The number of hydrogen-bond acceptors (Lipinski definition) is 1. The first-order chi connectivity index (χ1) is 4.70. The molecule has 0 radical (unpaired) electrons. The molecule has 0 nitrogen and oxygen atoms in total. The Bertz CT molecular complexity index is 187. The van der Waals surface area contributed by atoms with Gasteiger partial charge in [-0.25, -0.2) is 0 Å². The van der Waals surface area contributed by atoms with Crippen molar-refractivity contribution in [2.24, 2.45) is 0 Å². The van der Waals surface area contributed by atoms with Gasteiger partial charge in [-0.05, 0) is 0 Å². The Kier molecular flexibility index (Phi) is 9.77. The Labute approximate surface area is 103 Å². The number of halogens is 2. The molecular formula is C8H13Cl2STi. The zero-order valence-electron chi connectivity index (χ0n) is 7.16. The molecule has 0 unspecified atom stereocenters. The van der Waals surface area contributed by atoms with Gasteiger partial charge in [-0.1, -0.05) is 0 Å². The Morgan fingerprint density at radius 2 is 2.00 bits per heavy atom. The third kappa shape index (κ3) is 4.98. The van der Waals surface area contributed by atoms with E-state index in [1.165, 1.54) is 8.78 Å². The summed E-state index contributed by atoms with van der Waals surface area (Å²) in [5, 5.41) is 0.715. The molecular weight excluding hydrogens is 247 g/mol. The van der Waals surface area contributed by atoms with E-state index < -0.39 is 0 Å². The monoisotopic (exact) mass is 259 g/mol. The molecule has 0 aliphatic heterocycles. The first kappa shape index (κ1) is 15.6. The number of allylic oxidation sites excluding steroid dienone is 3. The summed E-state index contributed by atoms with van der Waals surface area (Å²) in [6.07, 6.45) is 5.63. The largest absolute Gasteiger partial charge is 0.147 e. The number of rotatable bonds is 2. The zero-order chi connectivity index (χ0) is 7.56. The predicted octanol–water partition coefficient (Wildman–Crippen LogP) is 3.69. The van der Waals surface area contributed by atoms with Gasteiger partial charge in [0.15, 0.2) is 0 Å². The van der Waals surface area contributed by atoms with Crippen LogP contribution in [0.1, 0.15) is 20.3 Å². The van der Waals surface area contributed by atoms with Crippen molar-refractivity contribution in [2.75, 3.05) is 0 Å². The third-order valence-corrected chi connectivity index (χ3v) is 3.38. The molecule has 12 heavy (non-hydrogen) atoms. The van der Waals surface area contributed by atoms with Gasteiger partial charge in [0, 0.05) is 0 Å². The molecule has 0 bridgehead atoms. The standard InChI is InChI=1S/C8H11S.2ClH.Ti/c1-7(2)9-8-5-3-4-6-8;;;/h3,5,7H,4H2,1-2H3;2*1H;. The quantitative estimate of drug-likeness (QED) is 0.682. The van der Waals surface area contributed by atoms with Gasteiger partial charge in [-0.2, -0.15) is 0 Å². The molecule has 1 rings (SSSR count). The van der Waals surface area contributed by atoms with Gasteiger partial charge in [0.2, 0.25) is 0 Å². The molecule has 0 aromatic heterocycles. The number of hydrogen-bond donors (Lipinski definition) is 0. The average molecular weight is 260 g/mol. The Hall–Kier alpha value is 1.12. The maximum absolute atomic E-state index is 2.24. The van der Waals surface area contributed by atoms with E-state index >= 15 is 0 Å². The van der Waals surface area contributed by atoms with Crippen LogP contribution in [0.5, 0.6) is 0 Å². The average Bonchev–Trinajstić information content (AvgIpc) is 2.15. The van der Waals surface area contributed by atoms with Crippen molar-refractivity contribution in [2.45, 2.75) is 25.5 Å². The smallest absolute Gasteiger partial charge is 0.147 e. The van der Waals surface area contributed by atoms with Gasteiger partial charge in [-0.3, -0.25) is 0 Å². The van der Waals surface area contributed by atoms with Gasteiger partial charge in [0.25, 0.3) is 0 Å². The van der Waals surface area contributed by atoms with Crippen molar-refractivity contribution >= 4 is 36.6 Å². The molecule has 0 saturated carbocycles. The second-order valence-corrected chi connectivity index (χ2v) is 5.18. The summed E-state index contributed by atoms with van der Waals surface area (Å²) >= 11 is 4.18. The van der Waals surface area contributed by atoms with Crippen LogP contribution in [0, 0.1) is 0 Å². The van der Waals surface area contributed by atoms with E-state index in [2.05, 4.69) is 46.4 Å². The van der Waals surface area contributed by atoms with Crippen molar-refractivity contribution < 1.29 is 20.4 Å². The van der Waals surface area contributed by atoms with E-state index in [0.29, 0.717) is 5.25 Å². The molecule has 0 heterocycles. The Morgan fingerprint density at radius 1 is 1.42 bits per heavy atom. The van der Waals surface area contributed by atoms with Crippen molar-refractivity contribution in [1.29, 1.82) is 0 Å². The maximum Gasteiger partial charge on any atom is -0.147 e. The van der Waals surface area contributed by atoms with Gasteiger partial charge >= 0.3 is 78.7 Å². The summed E-state index contributed by atoms with van der Waals surface area (Å²) in [5.41, 5.74) is 0. The molecule has 0 saturated heterocycles. The minimum absolute atomic E-state index is 0. The summed E-state index contributed by atoms with van der Waals surface area (Å²) in [5.74, 6) is 0. The van der Waals surface area contributed by atoms with E-state index in [0.717, 1.165) is 6.42 Å². The molecule has 1 aliphatic carbocycles. The minimum Gasteiger partial charge on any atom is -0.147 e. The van der Waals surface area contributed by atoms with Gasteiger partial charge in [0.1, 0.15) is 0 Å². The molecule has 0 aromatic carbocycles. The fourth-order valence-electron chi connectivity index (χ4n) is 0.849. The minimum atomic E-state index is 0. The van der Waals surface area contributed by atoms with Crippen molar-refractivity contribution in [3.63, 3.8) is 0 Å². The predicted molar refractivity (Wildman–Crippen MR) is 58.0 cm³/mol. The molecule has 1 aliphatic rings. The van der Waals surface area contributed by atoms with Crippen molar-refractivity contribution in [3.8, 4) is 0 Å². The van der Waals surface area contributed by atoms with E-state index in [1.54, 1.807) is 0 Å². The molecule has 0 atom stereocenters. The number of thioether (sulfide) groups is 1. The van der Waals surface area contributed by atoms with Crippen LogP contribution in [0.2, 0.25) is 0 Å². The molecule has 0 N–H and O–H groups in total. The van der Waals surface area contributed by atoms with Crippen molar-refractivity contribution in [3.05, 3.63) is 20.9 Å². The first-order valence-electron chi connectivity index (χ1n) is 3.48. The van der Waals surface area contributed by atoms with Gasteiger partial charge in [0.05, 0.1) is 0 Å². The van der Waals surface area contributed by atoms with E-state index in [4.69, 9.17) is 0 Å². The van der Waals surface area contributed by atoms with E-state index in [1.807, 2.05) is 11.8 Å². The molecule has 0 spiro atoms. The fraction of sp³-hybridized carbons (Fsp3) is 0.500. The van der Waals surface area contributed by atoms with Crippen LogP contribution >= 0.6 is 36.6 Å². The third-order valence-electron chi connectivity index (χ3n) is 1.25. The van der Waals surface area contributed by atoms with Gasteiger partial charge < -0.3 is 0 Å². The Morgan fingerprint density at radius 3 is 2.33 bits per heavy atom. The molecule has 0 fully saturated rings. The maximum atomic E-state index is 2.24. The van der Waals surface area contributed by atoms with Crippen LogP contribution in [-0.4, -0.2) is 5.25 Å². The van der Waals surface area contributed by atoms with Crippen LogP contribution in [0.3, 0.4) is 0 Å². The molecule has 0 amide bonds. The summed E-state index contributed by atoms with van der Waals surface area (Å²) < 4.78 is 1.53. The summed E-state index contributed by atoms with van der Waals surface area (Å²) in [4.78, 5) is 1.48. The van der Waals surface area contributed by atoms with Crippen LogP contribution in [0.25, 0.3) is 0 Å². The first-order valence-corrected chi connectivity index (χ1v) is 5.14. The van der Waals surface area contributed by atoms with Crippen LogP contribution in [0.4, 0.5) is 0 Å². The second-order valence-electron chi connectivity index (χ2n) is 2.62. The molecule has 4 heteroatoms. The normalized spacial score (nSPS) is 14.5. The van der Waals surface area contributed by atoms with Crippen molar-refractivity contribution in [1.82, 2.24) is 0 Å². The van der Waals surface area contributed by atoms with Crippen LogP contribution in [-0.2, 0) is 20.4 Å². The second kappa shape index (κ2) is 7.52. The fourth-order valence-corrected chi connectivity index (χ4v) is 2.35. The SMILES string of the molecule is CC(C)SC1=[C]([Ti])CC=C1.Cl.Cl. The summed E-state index contributed by atoms with van der Waals surface area (Å²) in [6.45, 7) is 4.47. The van der Waals surface area contributed by atoms with Crippen LogP contribution in [0.15, 0.2) is 20.9 Å². The zero-order valence-corrected chi connectivity index (χ0v) is 11.2. The topological polar surface area (TPSA) is 0 Å². The molecule has 0 aromatic rings. The Balaban J connectivity index is 0. The van der Waals surface area contributed by atoms with Gasteiger partial charge in [-0.15, -0.1) is 24.8 Å². The molecule has 69 valence electrons.